The van der Waals surface area contributed by atoms with E-state index >= 15 is 0 Å². The van der Waals surface area contributed by atoms with Gasteiger partial charge in [0.1, 0.15) is 12.2 Å². The molecule has 2 aromatic rings. The Morgan fingerprint density at radius 3 is 2.52 bits per heavy atom. The molecule has 27 heavy (non-hydrogen) atoms. The predicted octanol–water partition coefficient (Wildman–Crippen LogP) is 3.40. The Labute approximate surface area is 159 Å². The first-order chi connectivity index (χ1) is 13.3. The van der Waals surface area contributed by atoms with Gasteiger partial charge in [0.2, 0.25) is 0 Å². The van der Waals surface area contributed by atoms with Crippen molar-refractivity contribution in [3.8, 4) is 0 Å². The van der Waals surface area contributed by atoms with Gasteiger partial charge in [-0.15, -0.1) is 6.58 Å². The molecule has 1 aliphatic heterocycles. The van der Waals surface area contributed by atoms with E-state index in [1.54, 1.807) is 30.3 Å². The standard InChI is InChI=1S/C22H24O5/c1-2-13-25-21-19(15-24-14-17-9-5-3-6-10-17)26-16-20(21)27-22(23)18-11-7-4-8-12-18/h2-12,19-21H,1,13-16H2/t19-,20+,21-/m1/s1. The van der Waals surface area contributed by atoms with Gasteiger partial charge in [0.25, 0.3) is 0 Å². The number of hydrogen-bond acceptors (Lipinski definition) is 5. The zero-order valence-corrected chi connectivity index (χ0v) is 15.2. The van der Waals surface area contributed by atoms with Gasteiger partial charge >= 0.3 is 5.97 Å². The van der Waals surface area contributed by atoms with Crippen LogP contribution in [0.1, 0.15) is 15.9 Å². The lowest BCUT2D eigenvalue weighted by molar-refractivity contribution is -0.0644. The predicted molar refractivity (Wildman–Crippen MR) is 101 cm³/mol. The second kappa shape index (κ2) is 10.0. The third-order valence-electron chi connectivity index (χ3n) is 4.28. The molecule has 0 aromatic heterocycles. The normalized spacial score (nSPS) is 21.7. The third kappa shape index (κ3) is 5.50. The lowest BCUT2D eigenvalue weighted by Crippen LogP contribution is -2.38. The molecule has 3 atom stereocenters. The summed E-state index contributed by atoms with van der Waals surface area (Å²) >= 11 is 0. The lowest BCUT2D eigenvalue weighted by atomic mass is 10.1. The fourth-order valence-corrected chi connectivity index (χ4v) is 2.93. The van der Waals surface area contributed by atoms with Crippen molar-refractivity contribution in [2.75, 3.05) is 19.8 Å². The molecule has 0 aliphatic carbocycles. The topological polar surface area (TPSA) is 54.0 Å². The minimum atomic E-state index is -0.483. The highest BCUT2D eigenvalue weighted by atomic mass is 16.6. The Bertz CT molecular complexity index is 716. The van der Waals surface area contributed by atoms with E-state index in [0.29, 0.717) is 25.4 Å². The number of rotatable bonds is 9. The molecule has 1 fully saturated rings. The molecule has 0 unspecified atom stereocenters. The van der Waals surface area contributed by atoms with Crippen molar-refractivity contribution in [1.82, 2.24) is 0 Å². The summed E-state index contributed by atoms with van der Waals surface area (Å²) in [6.07, 6.45) is 0.479. The van der Waals surface area contributed by atoms with Gasteiger partial charge < -0.3 is 18.9 Å². The molecule has 3 rings (SSSR count). The number of carbonyl (C=O) groups is 1. The first-order valence-electron chi connectivity index (χ1n) is 8.99. The molecule has 1 aliphatic rings. The molecule has 5 heteroatoms. The summed E-state index contributed by atoms with van der Waals surface area (Å²) in [5.74, 6) is -0.387. The second-order valence-corrected chi connectivity index (χ2v) is 6.27. The van der Waals surface area contributed by atoms with Gasteiger partial charge in [0.05, 0.1) is 32.0 Å². The van der Waals surface area contributed by atoms with Crippen molar-refractivity contribution in [2.24, 2.45) is 0 Å². The minimum Gasteiger partial charge on any atom is -0.453 e. The molecule has 0 bridgehead atoms. The SMILES string of the molecule is C=CCO[C@H]1[C@@H](OC(=O)c2ccccc2)CO[C@@H]1COCc1ccccc1. The molecular formula is C22H24O5. The van der Waals surface area contributed by atoms with Gasteiger partial charge in [0, 0.05) is 0 Å². The summed E-state index contributed by atoms with van der Waals surface area (Å²) in [5, 5.41) is 0. The average Bonchev–Trinajstić information content (AvgIpc) is 3.09. The smallest absolute Gasteiger partial charge is 0.338 e. The first-order valence-corrected chi connectivity index (χ1v) is 8.99. The van der Waals surface area contributed by atoms with Gasteiger partial charge in [0.15, 0.2) is 6.10 Å². The van der Waals surface area contributed by atoms with Crippen molar-refractivity contribution in [3.05, 3.63) is 84.4 Å². The molecule has 0 amide bonds. The molecule has 0 spiro atoms. The van der Waals surface area contributed by atoms with Crippen LogP contribution in [-0.4, -0.2) is 44.1 Å². The monoisotopic (exact) mass is 368 g/mol. The summed E-state index contributed by atoms with van der Waals surface area (Å²) in [6.45, 7) is 5.15. The van der Waals surface area contributed by atoms with E-state index in [1.165, 1.54) is 0 Å². The number of ether oxygens (including phenoxy) is 4. The van der Waals surface area contributed by atoms with Crippen LogP contribution in [0.25, 0.3) is 0 Å². The van der Waals surface area contributed by atoms with Gasteiger partial charge in [-0.1, -0.05) is 54.6 Å². The summed E-state index contributed by atoms with van der Waals surface area (Å²) in [7, 11) is 0. The lowest BCUT2D eigenvalue weighted by Gasteiger charge is -2.23. The molecule has 142 valence electrons. The molecule has 1 heterocycles. The molecule has 1 saturated heterocycles. The molecule has 5 nitrogen and oxygen atoms in total. The highest BCUT2D eigenvalue weighted by Crippen LogP contribution is 2.23. The van der Waals surface area contributed by atoms with E-state index in [9.17, 15) is 4.79 Å². The van der Waals surface area contributed by atoms with Gasteiger partial charge in [-0.25, -0.2) is 4.79 Å². The Kier molecular flexibility index (Phi) is 7.16. The van der Waals surface area contributed by atoms with Crippen LogP contribution < -0.4 is 0 Å². The Morgan fingerprint density at radius 1 is 1.11 bits per heavy atom. The van der Waals surface area contributed by atoms with Crippen LogP contribution in [0, 0.1) is 0 Å². The fraction of sp³-hybridized carbons (Fsp3) is 0.318. The zero-order valence-electron chi connectivity index (χ0n) is 15.2. The van der Waals surface area contributed by atoms with Crippen LogP contribution in [0.4, 0.5) is 0 Å². The maximum Gasteiger partial charge on any atom is 0.338 e. The maximum atomic E-state index is 12.3. The van der Waals surface area contributed by atoms with Gasteiger partial charge in [-0.3, -0.25) is 0 Å². The van der Waals surface area contributed by atoms with Crippen LogP contribution in [0.2, 0.25) is 0 Å². The van der Waals surface area contributed by atoms with E-state index in [0.717, 1.165) is 5.56 Å². The molecule has 2 aromatic carbocycles. The van der Waals surface area contributed by atoms with Crippen molar-refractivity contribution in [1.29, 1.82) is 0 Å². The largest absolute Gasteiger partial charge is 0.453 e. The maximum absolute atomic E-state index is 12.3. The van der Waals surface area contributed by atoms with Crippen LogP contribution in [0.3, 0.4) is 0 Å². The summed E-state index contributed by atoms with van der Waals surface area (Å²) in [5.41, 5.74) is 1.59. The van der Waals surface area contributed by atoms with Crippen molar-refractivity contribution in [3.63, 3.8) is 0 Å². The third-order valence-corrected chi connectivity index (χ3v) is 4.28. The van der Waals surface area contributed by atoms with Crippen LogP contribution in [0.15, 0.2) is 73.3 Å². The Balaban J connectivity index is 1.56. The quantitative estimate of drug-likeness (QED) is 0.502. The average molecular weight is 368 g/mol. The van der Waals surface area contributed by atoms with E-state index in [2.05, 4.69) is 6.58 Å². The summed E-state index contributed by atoms with van der Waals surface area (Å²) in [4.78, 5) is 12.3. The number of hydrogen-bond donors (Lipinski definition) is 0. The van der Waals surface area contributed by atoms with E-state index < -0.39 is 12.2 Å². The number of carbonyl (C=O) groups excluding carboxylic acids is 1. The van der Waals surface area contributed by atoms with Crippen molar-refractivity contribution < 1.29 is 23.7 Å². The van der Waals surface area contributed by atoms with E-state index in [4.69, 9.17) is 18.9 Å². The van der Waals surface area contributed by atoms with Crippen molar-refractivity contribution >= 4 is 5.97 Å². The first kappa shape index (κ1) is 19.3. The van der Waals surface area contributed by atoms with Crippen LogP contribution >= 0.6 is 0 Å². The molecule has 0 saturated carbocycles. The van der Waals surface area contributed by atoms with E-state index in [1.807, 2.05) is 36.4 Å². The van der Waals surface area contributed by atoms with E-state index in [-0.39, 0.29) is 18.7 Å². The molecule has 0 radical (unpaired) electrons. The van der Waals surface area contributed by atoms with Crippen LogP contribution in [0.5, 0.6) is 0 Å². The van der Waals surface area contributed by atoms with Crippen LogP contribution in [-0.2, 0) is 25.6 Å². The summed E-state index contributed by atoms with van der Waals surface area (Å²) in [6, 6.07) is 18.8. The highest BCUT2D eigenvalue weighted by molar-refractivity contribution is 5.89. The zero-order chi connectivity index (χ0) is 18.9. The minimum absolute atomic E-state index is 0.278. The number of benzene rings is 2. The van der Waals surface area contributed by atoms with Crippen molar-refractivity contribution in [2.45, 2.75) is 24.9 Å². The van der Waals surface area contributed by atoms with Gasteiger partial charge in [-0.05, 0) is 17.7 Å². The summed E-state index contributed by atoms with van der Waals surface area (Å²) < 4.78 is 23.0. The Hall–Kier alpha value is -2.47. The molecule has 0 N–H and O–H groups in total. The molecular weight excluding hydrogens is 344 g/mol. The highest BCUT2D eigenvalue weighted by Gasteiger charge is 2.41. The fourth-order valence-electron chi connectivity index (χ4n) is 2.93. The number of esters is 1. The van der Waals surface area contributed by atoms with Gasteiger partial charge in [-0.2, -0.15) is 0 Å². The second-order valence-electron chi connectivity index (χ2n) is 6.27. The Morgan fingerprint density at radius 2 is 1.81 bits per heavy atom.